The van der Waals surface area contributed by atoms with Gasteiger partial charge in [0.15, 0.2) is 0 Å². The van der Waals surface area contributed by atoms with Gasteiger partial charge in [-0.3, -0.25) is 0 Å². The molecule has 0 aromatic rings. The normalized spacial score (nSPS) is 11.1. The van der Waals surface area contributed by atoms with Crippen molar-refractivity contribution in [2.24, 2.45) is 0 Å². The van der Waals surface area contributed by atoms with E-state index in [1.807, 2.05) is 0 Å². The molecule has 0 aromatic carbocycles. The molecule has 0 aliphatic heterocycles. The number of carbonyl (C=O) groups excluding carboxylic acids is 1. The molecule has 27 heavy (non-hydrogen) atoms. The highest BCUT2D eigenvalue weighted by molar-refractivity contribution is 5.81. The zero-order valence-corrected chi connectivity index (χ0v) is 19.2. The zero-order chi connectivity index (χ0) is 19.5. The number of halogens is 1. The van der Waals surface area contributed by atoms with Crippen molar-refractivity contribution in [3.63, 3.8) is 0 Å². The maximum atomic E-state index is 11.0. The van der Waals surface area contributed by atoms with Gasteiger partial charge in [0.2, 0.25) is 0 Å². The van der Waals surface area contributed by atoms with Crippen LogP contribution in [0.4, 0.5) is 0 Å². The number of hydrogen-bond donors (Lipinski definition) is 0. The molecule has 0 bridgehead atoms. The first kappa shape index (κ1) is 28.7. The maximum absolute atomic E-state index is 11.0. The van der Waals surface area contributed by atoms with Crippen LogP contribution in [0.1, 0.15) is 96.8 Å². The number of quaternary nitrogens is 1. The van der Waals surface area contributed by atoms with E-state index < -0.39 is 0 Å². The van der Waals surface area contributed by atoms with E-state index in [1.165, 1.54) is 96.0 Å². The molecule has 0 saturated carbocycles. The average molecular weight is 404 g/mol. The topological polar surface area (TPSA) is 26.3 Å². The highest BCUT2D eigenvalue weighted by Crippen LogP contribution is 2.13. The smallest absolute Gasteiger partial charge is 0.330 e. The number of esters is 1. The predicted molar refractivity (Wildman–Crippen MR) is 113 cm³/mol. The third-order valence-corrected chi connectivity index (χ3v) is 5.22. The van der Waals surface area contributed by atoms with Gasteiger partial charge in [0.1, 0.15) is 13.2 Å². The summed E-state index contributed by atoms with van der Waals surface area (Å²) in [5, 5.41) is 0. The van der Waals surface area contributed by atoms with Crippen LogP contribution in [0.15, 0.2) is 12.7 Å². The van der Waals surface area contributed by atoms with Gasteiger partial charge in [-0.15, -0.1) is 0 Å². The van der Waals surface area contributed by atoms with Crippen LogP contribution in [-0.4, -0.2) is 44.2 Å². The fourth-order valence-electron chi connectivity index (χ4n) is 3.30. The number of likely N-dealkylation sites (N-methyl/N-ethyl adjacent to an activating group) is 1. The molecule has 0 aliphatic carbocycles. The van der Waals surface area contributed by atoms with E-state index in [2.05, 4.69) is 27.6 Å². The Balaban J connectivity index is 0. The van der Waals surface area contributed by atoms with Crippen LogP contribution in [0.2, 0.25) is 0 Å². The molecule has 0 saturated heterocycles. The Kier molecular flexibility index (Phi) is 21.4. The lowest BCUT2D eigenvalue weighted by atomic mass is 10.0. The second-order valence-corrected chi connectivity index (χ2v) is 8.35. The molecule has 0 atom stereocenters. The standard InChI is InChI=1S/C23H46NO2.ClH/c1-5-7-8-9-10-11-12-13-14-15-16-17-18-19-20-24(3,4)21-22-26-23(25)6-2;/h6H,2,5,7-22H2,1,3-4H3;1H/q+1;/p-1. The molecule has 0 heterocycles. The van der Waals surface area contributed by atoms with Gasteiger partial charge in [0.05, 0.1) is 20.6 Å². The quantitative estimate of drug-likeness (QED) is 0.143. The van der Waals surface area contributed by atoms with Gasteiger partial charge in [-0.25, -0.2) is 4.79 Å². The molecule has 0 amide bonds. The van der Waals surface area contributed by atoms with Crippen LogP contribution in [0.3, 0.4) is 0 Å². The van der Waals surface area contributed by atoms with Gasteiger partial charge < -0.3 is 21.6 Å². The number of hydrogen-bond acceptors (Lipinski definition) is 2. The van der Waals surface area contributed by atoms with E-state index in [1.54, 1.807) is 0 Å². The molecule has 3 nitrogen and oxygen atoms in total. The summed E-state index contributed by atoms with van der Waals surface area (Å²) in [5.74, 6) is -0.318. The summed E-state index contributed by atoms with van der Waals surface area (Å²) in [4.78, 5) is 11.0. The van der Waals surface area contributed by atoms with Crippen molar-refractivity contribution < 1.29 is 26.4 Å². The minimum atomic E-state index is -0.318. The lowest BCUT2D eigenvalue weighted by molar-refractivity contribution is -0.890. The summed E-state index contributed by atoms with van der Waals surface area (Å²) in [7, 11) is 4.42. The van der Waals surface area contributed by atoms with Crippen molar-refractivity contribution in [1.29, 1.82) is 0 Å². The summed E-state index contributed by atoms with van der Waals surface area (Å²) < 4.78 is 6.00. The van der Waals surface area contributed by atoms with Crippen molar-refractivity contribution in [3.8, 4) is 0 Å². The highest BCUT2D eigenvalue weighted by atomic mass is 35.5. The minimum absolute atomic E-state index is 0. The molecule has 0 spiro atoms. The number of rotatable bonds is 19. The highest BCUT2D eigenvalue weighted by Gasteiger charge is 2.14. The molecule has 0 aromatic heterocycles. The first-order valence-corrected chi connectivity index (χ1v) is 11.1. The molecule has 0 unspecified atom stereocenters. The Bertz CT molecular complexity index is 345. The summed E-state index contributed by atoms with van der Waals surface area (Å²) in [6, 6.07) is 0. The first-order chi connectivity index (χ1) is 12.5. The van der Waals surface area contributed by atoms with Gasteiger partial charge >= 0.3 is 5.97 Å². The third kappa shape index (κ3) is 21.6. The van der Waals surface area contributed by atoms with Crippen LogP contribution < -0.4 is 12.4 Å². The average Bonchev–Trinajstić information content (AvgIpc) is 2.61. The Morgan fingerprint density at radius 2 is 1.19 bits per heavy atom. The van der Waals surface area contributed by atoms with E-state index >= 15 is 0 Å². The van der Waals surface area contributed by atoms with Crippen molar-refractivity contribution >= 4 is 5.97 Å². The predicted octanol–water partition coefficient (Wildman–Crippen LogP) is 3.28. The summed E-state index contributed by atoms with van der Waals surface area (Å²) in [6.45, 7) is 8.21. The van der Waals surface area contributed by atoms with Crippen LogP contribution >= 0.6 is 0 Å². The van der Waals surface area contributed by atoms with Crippen molar-refractivity contribution in [2.45, 2.75) is 96.8 Å². The second-order valence-electron chi connectivity index (χ2n) is 8.35. The molecule has 0 rings (SSSR count). The molecular formula is C23H46ClNO2. The summed E-state index contributed by atoms with van der Waals surface area (Å²) in [6.07, 6.45) is 20.8. The number of nitrogens with zero attached hydrogens (tertiary/aromatic N) is 1. The number of carbonyl (C=O) groups is 1. The van der Waals surface area contributed by atoms with E-state index in [9.17, 15) is 4.79 Å². The fraction of sp³-hybridized carbons (Fsp3) is 0.870. The molecule has 0 N–H and O–H groups in total. The van der Waals surface area contributed by atoms with Crippen molar-refractivity contribution in [2.75, 3.05) is 33.8 Å². The fourth-order valence-corrected chi connectivity index (χ4v) is 3.30. The van der Waals surface area contributed by atoms with Crippen LogP contribution in [-0.2, 0) is 9.53 Å². The third-order valence-electron chi connectivity index (χ3n) is 5.22. The zero-order valence-electron chi connectivity index (χ0n) is 18.4. The van der Waals surface area contributed by atoms with Gasteiger partial charge in [-0.1, -0.05) is 90.6 Å². The molecule has 162 valence electrons. The first-order valence-electron chi connectivity index (χ1n) is 11.1. The van der Waals surface area contributed by atoms with Crippen molar-refractivity contribution in [3.05, 3.63) is 12.7 Å². The van der Waals surface area contributed by atoms with Gasteiger partial charge in [0.25, 0.3) is 0 Å². The van der Waals surface area contributed by atoms with Gasteiger partial charge in [-0.05, 0) is 12.8 Å². The molecule has 0 aliphatic rings. The lowest BCUT2D eigenvalue weighted by Crippen LogP contribution is -3.00. The lowest BCUT2D eigenvalue weighted by Gasteiger charge is -2.29. The summed E-state index contributed by atoms with van der Waals surface area (Å²) >= 11 is 0. The van der Waals surface area contributed by atoms with E-state index in [0.717, 1.165) is 17.6 Å². The Hall–Kier alpha value is -0.540. The van der Waals surface area contributed by atoms with Crippen LogP contribution in [0.25, 0.3) is 0 Å². The molecule has 0 fully saturated rings. The minimum Gasteiger partial charge on any atom is -1.00 e. The Labute approximate surface area is 175 Å². The summed E-state index contributed by atoms with van der Waals surface area (Å²) in [5.41, 5.74) is 0. The van der Waals surface area contributed by atoms with Crippen molar-refractivity contribution in [1.82, 2.24) is 0 Å². The Morgan fingerprint density at radius 1 is 0.778 bits per heavy atom. The molecule has 4 heteroatoms. The Morgan fingerprint density at radius 3 is 1.59 bits per heavy atom. The van der Waals surface area contributed by atoms with Crippen LogP contribution in [0.5, 0.6) is 0 Å². The molecule has 0 radical (unpaired) electrons. The SMILES string of the molecule is C=CC(=O)OCC[N+](C)(C)CCCCCCCCCCCCCCCC.[Cl-]. The maximum Gasteiger partial charge on any atom is 0.330 e. The van der Waals surface area contributed by atoms with E-state index in [0.29, 0.717) is 6.61 Å². The second kappa shape index (κ2) is 20.2. The van der Waals surface area contributed by atoms with E-state index in [-0.39, 0.29) is 18.4 Å². The number of ether oxygens (including phenoxy) is 1. The van der Waals surface area contributed by atoms with E-state index in [4.69, 9.17) is 4.74 Å². The van der Waals surface area contributed by atoms with Crippen LogP contribution in [0, 0.1) is 0 Å². The molecular weight excluding hydrogens is 358 g/mol. The largest absolute Gasteiger partial charge is 1.00 e. The van der Waals surface area contributed by atoms with Gasteiger partial charge in [0, 0.05) is 6.08 Å². The number of unbranched alkanes of at least 4 members (excludes halogenated alkanes) is 13. The van der Waals surface area contributed by atoms with Gasteiger partial charge in [-0.2, -0.15) is 0 Å². The monoisotopic (exact) mass is 403 g/mol.